The third-order valence-electron chi connectivity index (χ3n) is 5.37. The molecule has 198 valence electrons. The molecule has 0 saturated heterocycles. The molecule has 0 saturated carbocycles. The summed E-state index contributed by atoms with van der Waals surface area (Å²) in [5.74, 6) is -1.03. The third-order valence-corrected chi connectivity index (χ3v) is 5.37. The molecule has 0 aromatic carbocycles. The van der Waals surface area contributed by atoms with Crippen molar-refractivity contribution in [2.75, 3.05) is 20.5 Å². The minimum Gasteiger partial charge on any atom is -0.493 e. The summed E-state index contributed by atoms with van der Waals surface area (Å²) in [5, 5.41) is 2.58. The molecule has 3 atom stereocenters. The number of methoxy groups -OCH3 is 1. The number of amides is 1. The molecule has 1 N–H and O–H groups in total. The Bertz CT molecular complexity index is 826. The van der Waals surface area contributed by atoms with Gasteiger partial charge in [-0.05, 0) is 25.7 Å². The lowest BCUT2D eigenvalue weighted by Crippen LogP contribution is -2.44. The highest BCUT2D eigenvalue weighted by molar-refractivity contribution is 5.98. The molecular formula is C25H40N2O8. The molecule has 1 aromatic rings. The van der Waals surface area contributed by atoms with Gasteiger partial charge in [-0.1, -0.05) is 40.5 Å². The van der Waals surface area contributed by atoms with Crippen molar-refractivity contribution in [1.29, 1.82) is 0 Å². The SMILES string of the molecule is CCC(CC)[C@@H](OCC(C)C)[C@H](C)OC(=O)[C@H](C)NC(=O)c1nccc(OC)c1OCOC(C)=O. The molecule has 1 aromatic heterocycles. The summed E-state index contributed by atoms with van der Waals surface area (Å²) in [4.78, 5) is 40.8. The average Bonchev–Trinajstić information content (AvgIpc) is 2.80. The van der Waals surface area contributed by atoms with Crippen LogP contribution in [0.1, 0.15) is 71.8 Å². The van der Waals surface area contributed by atoms with Gasteiger partial charge in [0.25, 0.3) is 5.91 Å². The van der Waals surface area contributed by atoms with Crippen molar-refractivity contribution in [3.63, 3.8) is 0 Å². The molecule has 0 bridgehead atoms. The number of esters is 2. The van der Waals surface area contributed by atoms with E-state index in [-0.39, 0.29) is 29.2 Å². The van der Waals surface area contributed by atoms with Gasteiger partial charge in [0.05, 0.1) is 13.2 Å². The molecule has 1 heterocycles. The van der Waals surface area contributed by atoms with Crippen LogP contribution in [0.2, 0.25) is 0 Å². The first-order valence-corrected chi connectivity index (χ1v) is 12.0. The van der Waals surface area contributed by atoms with E-state index in [0.717, 1.165) is 12.8 Å². The Morgan fingerprint density at radius 1 is 1.09 bits per heavy atom. The van der Waals surface area contributed by atoms with Crippen LogP contribution in [0, 0.1) is 11.8 Å². The monoisotopic (exact) mass is 496 g/mol. The molecule has 0 unspecified atom stereocenters. The number of aromatic nitrogens is 1. The van der Waals surface area contributed by atoms with E-state index in [1.165, 1.54) is 33.2 Å². The van der Waals surface area contributed by atoms with E-state index in [9.17, 15) is 14.4 Å². The van der Waals surface area contributed by atoms with Crippen LogP contribution in [0.15, 0.2) is 12.3 Å². The van der Waals surface area contributed by atoms with Crippen LogP contribution in [-0.4, -0.2) is 61.6 Å². The van der Waals surface area contributed by atoms with Gasteiger partial charge in [-0.3, -0.25) is 9.59 Å². The maximum Gasteiger partial charge on any atom is 0.328 e. The normalized spacial score (nSPS) is 13.7. The summed E-state index contributed by atoms with van der Waals surface area (Å²) in [6, 6.07) is 0.528. The Morgan fingerprint density at radius 2 is 1.74 bits per heavy atom. The van der Waals surface area contributed by atoms with Crippen molar-refractivity contribution in [3.8, 4) is 11.5 Å². The van der Waals surface area contributed by atoms with Crippen molar-refractivity contribution in [2.24, 2.45) is 11.8 Å². The maximum absolute atomic E-state index is 12.9. The Hall–Kier alpha value is -2.88. The highest BCUT2D eigenvalue weighted by Crippen LogP contribution is 2.29. The van der Waals surface area contributed by atoms with Crippen molar-refractivity contribution in [2.45, 2.75) is 79.6 Å². The van der Waals surface area contributed by atoms with E-state index < -0.39 is 36.8 Å². The molecule has 0 spiro atoms. The number of nitrogens with one attached hydrogen (secondary N) is 1. The van der Waals surface area contributed by atoms with Gasteiger partial charge in [-0.2, -0.15) is 0 Å². The molecule has 0 aliphatic heterocycles. The zero-order valence-electron chi connectivity index (χ0n) is 22.1. The molecular weight excluding hydrogens is 456 g/mol. The number of hydrogen-bond donors (Lipinski definition) is 1. The van der Waals surface area contributed by atoms with E-state index in [1.807, 2.05) is 0 Å². The number of pyridine rings is 1. The van der Waals surface area contributed by atoms with Crippen molar-refractivity contribution >= 4 is 17.8 Å². The molecule has 0 radical (unpaired) electrons. The van der Waals surface area contributed by atoms with Gasteiger partial charge in [-0.25, -0.2) is 9.78 Å². The molecule has 1 rings (SSSR count). The number of nitrogens with zero attached hydrogens (tertiary/aromatic N) is 1. The van der Waals surface area contributed by atoms with Gasteiger partial charge in [0, 0.05) is 25.8 Å². The van der Waals surface area contributed by atoms with Crippen LogP contribution in [0.4, 0.5) is 0 Å². The fourth-order valence-corrected chi connectivity index (χ4v) is 3.45. The topological polar surface area (TPSA) is 122 Å². The Balaban J connectivity index is 2.91. The smallest absolute Gasteiger partial charge is 0.328 e. The first kappa shape index (κ1) is 30.2. The first-order valence-electron chi connectivity index (χ1n) is 12.0. The molecule has 35 heavy (non-hydrogen) atoms. The van der Waals surface area contributed by atoms with Crippen LogP contribution in [0.25, 0.3) is 0 Å². The van der Waals surface area contributed by atoms with E-state index in [1.54, 1.807) is 6.92 Å². The zero-order valence-corrected chi connectivity index (χ0v) is 22.1. The van der Waals surface area contributed by atoms with Crippen LogP contribution in [0.5, 0.6) is 11.5 Å². The largest absolute Gasteiger partial charge is 0.493 e. The third kappa shape index (κ3) is 9.71. The fourth-order valence-electron chi connectivity index (χ4n) is 3.45. The van der Waals surface area contributed by atoms with Gasteiger partial charge in [-0.15, -0.1) is 0 Å². The lowest BCUT2D eigenvalue weighted by atomic mass is 9.93. The Labute approximate surface area is 208 Å². The maximum atomic E-state index is 12.9. The van der Waals surface area contributed by atoms with Crippen LogP contribution in [0.3, 0.4) is 0 Å². The minimum atomic E-state index is -0.966. The summed E-state index contributed by atoms with van der Waals surface area (Å²) in [7, 11) is 1.40. The predicted molar refractivity (Wildman–Crippen MR) is 129 cm³/mol. The number of carbonyl (C=O) groups excluding carboxylic acids is 3. The number of carbonyl (C=O) groups is 3. The van der Waals surface area contributed by atoms with Crippen molar-refractivity contribution in [1.82, 2.24) is 10.3 Å². The van der Waals surface area contributed by atoms with E-state index in [0.29, 0.717) is 12.5 Å². The Kier molecular flexibility index (Phi) is 13.1. The van der Waals surface area contributed by atoms with Crippen molar-refractivity contribution in [3.05, 3.63) is 18.0 Å². The number of ether oxygens (including phenoxy) is 5. The van der Waals surface area contributed by atoms with Gasteiger partial charge in [0.15, 0.2) is 17.2 Å². The first-order chi connectivity index (χ1) is 16.5. The van der Waals surface area contributed by atoms with Crippen molar-refractivity contribution < 1.29 is 38.1 Å². The molecule has 10 heteroatoms. The van der Waals surface area contributed by atoms with Crippen LogP contribution >= 0.6 is 0 Å². The van der Waals surface area contributed by atoms with Gasteiger partial charge in [0.1, 0.15) is 12.1 Å². The quantitative estimate of drug-likeness (QED) is 0.287. The summed E-state index contributed by atoms with van der Waals surface area (Å²) >= 11 is 0. The predicted octanol–water partition coefficient (Wildman–Crippen LogP) is 3.52. The average molecular weight is 497 g/mol. The van der Waals surface area contributed by atoms with E-state index in [4.69, 9.17) is 23.7 Å². The second-order valence-corrected chi connectivity index (χ2v) is 8.69. The number of hydrogen-bond acceptors (Lipinski definition) is 9. The summed E-state index contributed by atoms with van der Waals surface area (Å²) in [6.45, 7) is 13.0. The summed E-state index contributed by atoms with van der Waals surface area (Å²) < 4.78 is 27.2. The Morgan fingerprint density at radius 3 is 2.29 bits per heavy atom. The fraction of sp³-hybridized carbons (Fsp3) is 0.680. The molecule has 1 amide bonds. The van der Waals surface area contributed by atoms with E-state index >= 15 is 0 Å². The highest BCUT2D eigenvalue weighted by atomic mass is 16.7. The standard InChI is InChI=1S/C25H40N2O8/c1-9-19(10-2)22(32-13-15(3)4)17(6)35-25(30)16(5)27-24(29)21-23(34-14-33-18(7)28)20(31-8)11-12-26-21/h11-12,15-17,19,22H,9-10,13-14H2,1-8H3,(H,27,29)/t16-,17-,22-/m0/s1. The van der Waals surface area contributed by atoms with E-state index in [2.05, 4.69) is 38.0 Å². The van der Waals surface area contributed by atoms with Gasteiger partial charge in [0.2, 0.25) is 6.79 Å². The molecule has 0 fully saturated rings. The number of rotatable bonds is 15. The lowest BCUT2D eigenvalue weighted by molar-refractivity contribution is -0.162. The zero-order chi connectivity index (χ0) is 26.5. The minimum absolute atomic E-state index is 0.0152. The second-order valence-electron chi connectivity index (χ2n) is 8.69. The summed E-state index contributed by atoms with van der Waals surface area (Å²) in [5.41, 5.74) is -0.126. The van der Waals surface area contributed by atoms with Crippen LogP contribution < -0.4 is 14.8 Å². The highest BCUT2D eigenvalue weighted by Gasteiger charge is 2.31. The molecule has 0 aliphatic carbocycles. The van der Waals surface area contributed by atoms with Gasteiger partial charge >= 0.3 is 11.9 Å². The molecule has 0 aliphatic rings. The van der Waals surface area contributed by atoms with Crippen LogP contribution in [-0.2, 0) is 23.8 Å². The lowest BCUT2D eigenvalue weighted by Gasteiger charge is -2.31. The second kappa shape index (κ2) is 15.2. The summed E-state index contributed by atoms with van der Waals surface area (Å²) in [6.07, 6.45) is 2.41. The van der Waals surface area contributed by atoms with Gasteiger partial charge < -0.3 is 29.0 Å². The molecule has 10 nitrogen and oxygen atoms in total.